The monoisotopic (exact) mass is 294 g/mol. The van der Waals surface area contributed by atoms with Crippen molar-refractivity contribution >= 4 is 0 Å². The summed E-state index contributed by atoms with van der Waals surface area (Å²) in [5.41, 5.74) is 0.461. The maximum atomic E-state index is 3.80. The summed E-state index contributed by atoms with van der Waals surface area (Å²) in [6.07, 6.45) is 6.97. The first kappa shape index (κ1) is 17.3. The lowest BCUT2D eigenvalue weighted by molar-refractivity contribution is 0.0406. The second-order valence-corrected chi connectivity index (χ2v) is 8.80. The highest BCUT2D eigenvalue weighted by Gasteiger charge is 2.42. The number of hydrogen-bond donors (Lipinski definition) is 1. The molecule has 0 amide bonds. The minimum Gasteiger partial charge on any atom is -0.313 e. The van der Waals surface area contributed by atoms with Crippen LogP contribution in [0.2, 0.25) is 0 Å². The van der Waals surface area contributed by atoms with E-state index in [1.54, 1.807) is 0 Å². The predicted octanol–water partition coefficient (Wildman–Crippen LogP) is 4.30. The van der Waals surface area contributed by atoms with Gasteiger partial charge in [-0.15, -0.1) is 0 Å². The fourth-order valence-electron chi connectivity index (χ4n) is 4.74. The van der Waals surface area contributed by atoms with E-state index in [1.807, 2.05) is 0 Å². The van der Waals surface area contributed by atoms with Gasteiger partial charge in [-0.1, -0.05) is 41.5 Å². The van der Waals surface area contributed by atoms with E-state index >= 15 is 0 Å². The lowest BCUT2D eigenvalue weighted by atomic mass is 9.69. The van der Waals surface area contributed by atoms with Gasteiger partial charge < -0.3 is 5.32 Å². The van der Waals surface area contributed by atoms with Gasteiger partial charge in [-0.25, -0.2) is 0 Å². The fraction of sp³-hybridized carbons (Fsp3) is 1.00. The van der Waals surface area contributed by atoms with Crippen LogP contribution in [0.15, 0.2) is 0 Å². The van der Waals surface area contributed by atoms with Gasteiger partial charge >= 0.3 is 0 Å². The average Bonchev–Trinajstić information content (AvgIpc) is 2.87. The van der Waals surface area contributed by atoms with E-state index in [1.165, 1.54) is 38.6 Å². The van der Waals surface area contributed by atoms with Crippen LogP contribution in [0, 0.1) is 17.3 Å². The molecule has 1 heterocycles. The maximum Gasteiger partial charge on any atom is 0.0255 e. The zero-order valence-electron chi connectivity index (χ0n) is 15.3. The lowest BCUT2D eigenvalue weighted by Gasteiger charge is -2.47. The van der Waals surface area contributed by atoms with Crippen LogP contribution < -0.4 is 5.32 Å². The minimum absolute atomic E-state index is 0.461. The molecule has 0 aromatic rings. The first-order valence-electron chi connectivity index (χ1n) is 9.33. The first-order chi connectivity index (χ1) is 9.84. The van der Waals surface area contributed by atoms with E-state index in [9.17, 15) is 0 Å². The molecule has 4 atom stereocenters. The Hall–Kier alpha value is -0.0800. The molecule has 0 bridgehead atoms. The van der Waals surface area contributed by atoms with Crippen LogP contribution in [-0.4, -0.2) is 36.1 Å². The Morgan fingerprint density at radius 2 is 1.86 bits per heavy atom. The van der Waals surface area contributed by atoms with Crippen molar-refractivity contribution in [1.82, 2.24) is 10.2 Å². The molecule has 0 radical (unpaired) electrons. The number of likely N-dealkylation sites (tertiary alicyclic amines) is 1. The van der Waals surface area contributed by atoms with Gasteiger partial charge in [-0.2, -0.15) is 0 Å². The molecule has 2 rings (SSSR count). The van der Waals surface area contributed by atoms with E-state index in [-0.39, 0.29) is 0 Å². The van der Waals surface area contributed by atoms with Crippen LogP contribution in [0.4, 0.5) is 0 Å². The highest BCUT2D eigenvalue weighted by molar-refractivity contribution is 4.98. The molecule has 2 fully saturated rings. The van der Waals surface area contributed by atoms with Gasteiger partial charge in [0.15, 0.2) is 0 Å². The van der Waals surface area contributed by atoms with Crippen LogP contribution in [0.1, 0.15) is 73.6 Å². The highest BCUT2D eigenvalue weighted by Crippen LogP contribution is 2.41. The molecule has 4 unspecified atom stereocenters. The van der Waals surface area contributed by atoms with E-state index in [4.69, 9.17) is 0 Å². The largest absolute Gasteiger partial charge is 0.313 e. The second kappa shape index (κ2) is 7.00. The summed E-state index contributed by atoms with van der Waals surface area (Å²) in [5, 5.41) is 3.80. The normalized spacial score (nSPS) is 35.6. The molecule has 124 valence electrons. The summed E-state index contributed by atoms with van der Waals surface area (Å²) in [6.45, 7) is 16.8. The fourth-order valence-corrected chi connectivity index (χ4v) is 4.74. The van der Waals surface area contributed by atoms with E-state index < -0.39 is 0 Å². The molecular formula is C19H38N2. The van der Waals surface area contributed by atoms with Gasteiger partial charge in [0, 0.05) is 18.1 Å². The Kier molecular flexibility index (Phi) is 5.76. The van der Waals surface area contributed by atoms with Gasteiger partial charge in [-0.3, -0.25) is 4.90 Å². The Morgan fingerprint density at radius 3 is 2.43 bits per heavy atom. The lowest BCUT2D eigenvalue weighted by Crippen LogP contribution is -2.56. The van der Waals surface area contributed by atoms with Crippen LogP contribution in [0.25, 0.3) is 0 Å². The smallest absolute Gasteiger partial charge is 0.0255 e. The molecule has 0 spiro atoms. The van der Waals surface area contributed by atoms with Gasteiger partial charge in [0.05, 0.1) is 0 Å². The molecule has 2 nitrogen and oxygen atoms in total. The van der Waals surface area contributed by atoms with Crippen molar-refractivity contribution < 1.29 is 0 Å². The molecule has 0 aromatic carbocycles. The number of nitrogens with zero attached hydrogens (tertiary/aromatic N) is 1. The molecule has 0 aromatic heterocycles. The molecule has 1 N–H and O–H groups in total. The molecule has 2 aliphatic rings. The van der Waals surface area contributed by atoms with Gasteiger partial charge in [-0.05, 0) is 62.4 Å². The van der Waals surface area contributed by atoms with Gasteiger partial charge in [0.25, 0.3) is 0 Å². The molecule has 21 heavy (non-hydrogen) atoms. The minimum atomic E-state index is 0.461. The van der Waals surface area contributed by atoms with Crippen LogP contribution in [0.3, 0.4) is 0 Å². The summed E-state index contributed by atoms with van der Waals surface area (Å²) in [5.74, 6) is 1.68. The summed E-state index contributed by atoms with van der Waals surface area (Å²) < 4.78 is 0. The van der Waals surface area contributed by atoms with Crippen molar-refractivity contribution in [1.29, 1.82) is 0 Å². The Labute approximate surface area is 133 Å². The summed E-state index contributed by atoms with van der Waals surface area (Å²) >= 11 is 0. The van der Waals surface area contributed by atoms with Crippen LogP contribution in [-0.2, 0) is 0 Å². The van der Waals surface area contributed by atoms with Crippen molar-refractivity contribution in [3.8, 4) is 0 Å². The van der Waals surface area contributed by atoms with Crippen molar-refractivity contribution in [3.63, 3.8) is 0 Å². The van der Waals surface area contributed by atoms with Crippen molar-refractivity contribution in [2.24, 2.45) is 17.3 Å². The molecule has 1 saturated carbocycles. The van der Waals surface area contributed by atoms with Crippen molar-refractivity contribution in [3.05, 3.63) is 0 Å². The zero-order valence-corrected chi connectivity index (χ0v) is 15.3. The number of nitrogens with one attached hydrogen (secondary N) is 1. The average molecular weight is 295 g/mol. The van der Waals surface area contributed by atoms with Crippen molar-refractivity contribution in [2.45, 2.75) is 91.8 Å². The quantitative estimate of drug-likeness (QED) is 0.831. The number of rotatable bonds is 4. The third-order valence-corrected chi connectivity index (χ3v) is 6.05. The van der Waals surface area contributed by atoms with Gasteiger partial charge in [0.2, 0.25) is 0 Å². The first-order valence-corrected chi connectivity index (χ1v) is 9.33. The molecule has 2 heteroatoms. The topological polar surface area (TPSA) is 15.3 Å². The Balaban J connectivity index is 2.13. The molecule has 1 saturated heterocycles. The second-order valence-electron chi connectivity index (χ2n) is 8.80. The Bertz CT molecular complexity index is 318. The maximum absolute atomic E-state index is 3.80. The molecular weight excluding hydrogens is 256 g/mol. The molecule has 1 aliphatic carbocycles. The summed E-state index contributed by atoms with van der Waals surface area (Å²) in [7, 11) is 0. The summed E-state index contributed by atoms with van der Waals surface area (Å²) in [6, 6.07) is 2.29. The van der Waals surface area contributed by atoms with Crippen LogP contribution in [0.5, 0.6) is 0 Å². The third kappa shape index (κ3) is 4.01. The standard InChI is InChI=1S/C19H38N2/c1-7-20-16-11-10-15(19(4,5)6)13-18(16)21-12-8-9-17(21)14(2)3/h14-18,20H,7-13H2,1-6H3. The summed E-state index contributed by atoms with van der Waals surface area (Å²) in [4.78, 5) is 2.88. The predicted molar refractivity (Wildman–Crippen MR) is 92.6 cm³/mol. The van der Waals surface area contributed by atoms with E-state index in [2.05, 4.69) is 51.8 Å². The third-order valence-electron chi connectivity index (χ3n) is 6.05. The Morgan fingerprint density at radius 1 is 1.14 bits per heavy atom. The SMILES string of the molecule is CCNC1CCC(C(C)(C)C)CC1N1CCCC1C(C)C. The van der Waals surface area contributed by atoms with Crippen LogP contribution >= 0.6 is 0 Å². The highest BCUT2D eigenvalue weighted by atomic mass is 15.2. The number of hydrogen-bond acceptors (Lipinski definition) is 2. The molecule has 1 aliphatic heterocycles. The van der Waals surface area contributed by atoms with E-state index in [0.29, 0.717) is 11.5 Å². The van der Waals surface area contributed by atoms with Gasteiger partial charge in [0.1, 0.15) is 0 Å². The zero-order chi connectivity index (χ0) is 15.6. The number of likely N-dealkylation sites (N-methyl/N-ethyl adjacent to an activating group) is 1. The van der Waals surface area contributed by atoms with E-state index in [0.717, 1.165) is 30.5 Å². The van der Waals surface area contributed by atoms with Crippen molar-refractivity contribution in [2.75, 3.05) is 13.1 Å².